The van der Waals surface area contributed by atoms with Crippen molar-refractivity contribution in [1.82, 2.24) is 9.97 Å². The van der Waals surface area contributed by atoms with Gasteiger partial charge in [-0.3, -0.25) is 4.79 Å². The Hall–Kier alpha value is -2.39. The van der Waals surface area contributed by atoms with E-state index in [1.807, 2.05) is 0 Å². The molecule has 0 saturated carbocycles. The minimum atomic E-state index is -4.63. The smallest absolute Gasteiger partial charge is 0.418 e. The van der Waals surface area contributed by atoms with Gasteiger partial charge in [-0.05, 0) is 30.3 Å². The molecule has 3 rings (SSSR count). The summed E-state index contributed by atoms with van der Waals surface area (Å²) in [6.45, 7) is 0. The number of alkyl halides is 3. The Morgan fingerprint density at radius 1 is 1.30 bits per heavy atom. The highest BCUT2D eigenvalue weighted by Gasteiger charge is 2.34. The first-order valence-electron chi connectivity index (χ1n) is 7.59. The Kier molecular flexibility index (Phi) is 5.52. The van der Waals surface area contributed by atoms with Crippen molar-refractivity contribution < 1.29 is 22.7 Å². The highest BCUT2D eigenvalue weighted by atomic mass is 35.5. The molecule has 2 aromatic carbocycles. The van der Waals surface area contributed by atoms with Crippen molar-refractivity contribution in [2.24, 2.45) is 0 Å². The zero-order valence-electron chi connectivity index (χ0n) is 13.9. The Morgan fingerprint density at radius 3 is 2.78 bits per heavy atom. The molecule has 2 N–H and O–H groups in total. The molecule has 0 aliphatic rings. The lowest BCUT2D eigenvalue weighted by atomic mass is 10.1. The van der Waals surface area contributed by atoms with Gasteiger partial charge in [-0.2, -0.15) is 13.2 Å². The first-order valence-corrected chi connectivity index (χ1v) is 8.96. The number of hydrogen-bond donors (Lipinski definition) is 2. The molecule has 1 aromatic heterocycles. The molecular formula is C17H13ClF3N3O2S. The SMILES string of the molecule is COc1ccc2nc(SCC(=O)Nc3ccc(Cl)cc3C(F)(F)F)[nH]c2c1. The average molecular weight is 416 g/mol. The first kappa shape index (κ1) is 19.4. The van der Waals surface area contributed by atoms with E-state index in [0.29, 0.717) is 16.4 Å². The number of fused-ring (bicyclic) bond motifs is 1. The van der Waals surface area contributed by atoms with E-state index in [1.54, 1.807) is 25.3 Å². The minimum Gasteiger partial charge on any atom is -0.497 e. The van der Waals surface area contributed by atoms with Crippen molar-refractivity contribution in [1.29, 1.82) is 0 Å². The van der Waals surface area contributed by atoms with Crippen LogP contribution in [-0.4, -0.2) is 28.7 Å². The number of aromatic amines is 1. The van der Waals surface area contributed by atoms with E-state index in [9.17, 15) is 18.0 Å². The number of nitrogens with zero attached hydrogens (tertiary/aromatic N) is 1. The zero-order valence-corrected chi connectivity index (χ0v) is 15.4. The Bertz CT molecular complexity index is 991. The van der Waals surface area contributed by atoms with Gasteiger partial charge in [0.2, 0.25) is 5.91 Å². The molecule has 10 heteroatoms. The quantitative estimate of drug-likeness (QED) is 0.577. The van der Waals surface area contributed by atoms with Crippen LogP contribution in [-0.2, 0) is 11.0 Å². The van der Waals surface area contributed by atoms with Crippen LogP contribution in [0, 0.1) is 0 Å². The minimum absolute atomic E-state index is 0.0626. The van der Waals surface area contributed by atoms with Crippen LogP contribution in [0.1, 0.15) is 5.56 Å². The summed E-state index contributed by atoms with van der Waals surface area (Å²) < 4.78 is 44.3. The number of ether oxygens (including phenoxy) is 1. The lowest BCUT2D eigenvalue weighted by Crippen LogP contribution is -2.18. The van der Waals surface area contributed by atoms with Crippen molar-refractivity contribution in [3.63, 3.8) is 0 Å². The number of rotatable bonds is 5. The Labute approximate surface area is 161 Å². The third-order valence-electron chi connectivity index (χ3n) is 3.57. The summed E-state index contributed by atoms with van der Waals surface area (Å²) in [5, 5.41) is 2.68. The third-order valence-corrected chi connectivity index (χ3v) is 4.68. The molecule has 0 aliphatic carbocycles. The lowest BCUT2D eigenvalue weighted by molar-refractivity contribution is -0.137. The van der Waals surface area contributed by atoms with Crippen LogP contribution in [0.5, 0.6) is 5.75 Å². The standard InChI is InChI=1S/C17H13ClF3N3O2S/c1-26-10-3-5-13-14(7-10)24-16(23-13)27-8-15(25)22-12-4-2-9(18)6-11(12)17(19,20)21/h2-7H,8H2,1H3,(H,22,25)(H,23,24). The predicted octanol–water partition coefficient (Wildman–Crippen LogP) is 4.97. The second kappa shape index (κ2) is 7.69. The number of aromatic nitrogens is 2. The number of carbonyl (C=O) groups is 1. The maximum absolute atomic E-state index is 13.1. The summed E-state index contributed by atoms with van der Waals surface area (Å²) >= 11 is 6.70. The van der Waals surface area contributed by atoms with E-state index in [1.165, 1.54) is 6.07 Å². The topological polar surface area (TPSA) is 67.0 Å². The third kappa shape index (κ3) is 4.67. The zero-order chi connectivity index (χ0) is 19.6. The van der Waals surface area contributed by atoms with Gasteiger partial charge >= 0.3 is 6.18 Å². The number of hydrogen-bond acceptors (Lipinski definition) is 4. The van der Waals surface area contributed by atoms with E-state index in [0.717, 1.165) is 29.4 Å². The van der Waals surface area contributed by atoms with E-state index >= 15 is 0 Å². The van der Waals surface area contributed by atoms with Crippen LogP contribution < -0.4 is 10.1 Å². The maximum atomic E-state index is 13.1. The van der Waals surface area contributed by atoms with Crippen LogP contribution in [0.2, 0.25) is 5.02 Å². The number of benzene rings is 2. The van der Waals surface area contributed by atoms with Crippen LogP contribution in [0.15, 0.2) is 41.6 Å². The van der Waals surface area contributed by atoms with Crippen molar-refractivity contribution in [2.75, 3.05) is 18.2 Å². The summed E-state index contributed by atoms with van der Waals surface area (Å²) in [6.07, 6.45) is -4.63. The van der Waals surface area contributed by atoms with Crippen LogP contribution in [0.4, 0.5) is 18.9 Å². The monoisotopic (exact) mass is 415 g/mol. The van der Waals surface area contributed by atoms with Gasteiger partial charge in [0.1, 0.15) is 5.75 Å². The highest BCUT2D eigenvalue weighted by molar-refractivity contribution is 7.99. The number of thioether (sulfide) groups is 1. The molecule has 0 saturated heterocycles. The molecule has 0 radical (unpaired) electrons. The van der Waals surface area contributed by atoms with Crippen LogP contribution >= 0.6 is 23.4 Å². The number of halogens is 4. The van der Waals surface area contributed by atoms with Gasteiger partial charge in [0, 0.05) is 11.1 Å². The fraction of sp³-hybridized carbons (Fsp3) is 0.176. The van der Waals surface area contributed by atoms with E-state index in [4.69, 9.17) is 16.3 Å². The van der Waals surface area contributed by atoms with Crippen molar-refractivity contribution in [2.45, 2.75) is 11.3 Å². The number of carbonyl (C=O) groups excluding carboxylic acids is 1. The molecule has 5 nitrogen and oxygen atoms in total. The number of anilines is 1. The Morgan fingerprint density at radius 2 is 2.07 bits per heavy atom. The van der Waals surface area contributed by atoms with Crippen LogP contribution in [0.3, 0.4) is 0 Å². The highest BCUT2D eigenvalue weighted by Crippen LogP contribution is 2.36. The Balaban J connectivity index is 1.68. The van der Waals surface area contributed by atoms with E-state index < -0.39 is 17.6 Å². The second-order valence-corrected chi connectivity index (χ2v) is 6.85. The fourth-order valence-corrected chi connectivity index (χ4v) is 3.20. The van der Waals surface area contributed by atoms with Gasteiger partial charge in [0.15, 0.2) is 5.16 Å². The molecule has 3 aromatic rings. The molecule has 0 bridgehead atoms. The molecule has 0 fully saturated rings. The number of amides is 1. The molecule has 0 aliphatic heterocycles. The summed E-state index contributed by atoms with van der Waals surface area (Å²) in [5.41, 5.74) is 0.0844. The van der Waals surface area contributed by atoms with Gasteiger partial charge in [-0.25, -0.2) is 4.98 Å². The van der Waals surface area contributed by atoms with Gasteiger partial charge < -0.3 is 15.0 Å². The lowest BCUT2D eigenvalue weighted by Gasteiger charge is -2.13. The normalized spacial score (nSPS) is 11.6. The maximum Gasteiger partial charge on any atom is 0.418 e. The van der Waals surface area contributed by atoms with Crippen molar-refractivity contribution in [3.8, 4) is 5.75 Å². The summed E-state index contributed by atoms with van der Waals surface area (Å²) in [7, 11) is 1.55. The van der Waals surface area contributed by atoms with E-state index in [-0.39, 0.29) is 16.5 Å². The number of H-pyrrole nitrogens is 1. The summed E-state index contributed by atoms with van der Waals surface area (Å²) in [6, 6.07) is 8.46. The van der Waals surface area contributed by atoms with E-state index in [2.05, 4.69) is 15.3 Å². The number of imidazole rings is 1. The van der Waals surface area contributed by atoms with Crippen molar-refractivity contribution in [3.05, 3.63) is 47.0 Å². The van der Waals surface area contributed by atoms with Crippen molar-refractivity contribution >= 4 is 46.0 Å². The number of nitrogens with one attached hydrogen (secondary N) is 2. The fourth-order valence-electron chi connectivity index (χ4n) is 2.34. The average Bonchev–Trinajstić information content (AvgIpc) is 3.02. The van der Waals surface area contributed by atoms with Gasteiger partial charge in [0.05, 0.1) is 35.1 Å². The van der Waals surface area contributed by atoms with Gasteiger partial charge in [-0.1, -0.05) is 23.4 Å². The first-order chi connectivity index (χ1) is 12.8. The van der Waals surface area contributed by atoms with Crippen LogP contribution in [0.25, 0.3) is 11.0 Å². The molecule has 1 heterocycles. The molecule has 0 spiro atoms. The van der Waals surface area contributed by atoms with Gasteiger partial charge in [-0.15, -0.1) is 0 Å². The second-order valence-electron chi connectivity index (χ2n) is 5.45. The summed E-state index contributed by atoms with van der Waals surface area (Å²) in [5.74, 6) is -0.0506. The molecule has 0 unspecified atom stereocenters. The predicted molar refractivity (Wildman–Crippen MR) is 98.5 cm³/mol. The molecule has 27 heavy (non-hydrogen) atoms. The number of methoxy groups -OCH3 is 1. The molecule has 1 amide bonds. The summed E-state index contributed by atoms with van der Waals surface area (Å²) in [4.78, 5) is 19.4. The molecular weight excluding hydrogens is 403 g/mol. The largest absolute Gasteiger partial charge is 0.497 e. The molecule has 0 atom stereocenters. The molecule has 142 valence electrons. The van der Waals surface area contributed by atoms with Gasteiger partial charge in [0.25, 0.3) is 0 Å².